The Hall–Kier alpha value is -0.410. The zero-order chi connectivity index (χ0) is 9.68. The molecule has 0 aromatic carbocycles. The van der Waals surface area contributed by atoms with Gasteiger partial charge >= 0.3 is 5.91 Å². The van der Waals surface area contributed by atoms with E-state index in [4.69, 9.17) is 0 Å². The second-order valence-corrected chi connectivity index (χ2v) is 4.21. The first-order valence-electron chi connectivity index (χ1n) is 5.28. The average Bonchev–Trinajstić information content (AvgIpc) is 2.15. The molecule has 0 radical (unpaired) electrons. The molecule has 1 aliphatic rings. The molecule has 1 rings (SSSR count). The molecule has 0 aromatic heterocycles. The lowest BCUT2D eigenvalue weighted by atomic mass is 10.1. The van der Waals surface area contributed by atoms with Gasteiger partial charge in [0.1, 0.15) is 0 Å². The summed E-state index contributed by atoms with van der Waals surface area (Å²) in [6.07, 6.45) is 1.79. The Balaban J connectivity index is 2.21. The molecule has 3 heteroatoms. The first-order valence-corrected chi connectivity index (χ1v) is 5.28. The summed E-state index contributed by atoms with van der Waals surface area (Å²) in [5.41, 5.74) is 0. The highest BCUT2D eigenvalue weighted by atomic mass is 16.2. The Morgan fingerprint density at radius 3 is 2.54 bits per heavy atom. The van der Waals surface area contributed by atoms with Crippen LogP contribution in [0.1, 0.15) is 26.7 Å². The van der Waals surface area contributed by atoms with Gasteiger partial charge in [-0.25, -0.2) is 4.79 Å². The summed E-state index contributed by atoms with van der Waals surface area (Å²) >= 11 is 0. The van der Waals surface area contributed by atoms with Crippen molar-refractivity contribution < 1.29 is 9.69 Å². The predicted molar refractivity (Wildman–Crippen MR) is 52.6 cm³/mol. The van der Waals surface area contributed by atoms with Crippen LogP contribution in [-0.2, 0) is 4.79 Å². The topological polar surface area (TPSA) is 33.5 Å². The van der Waals surface area contributed by atoms with Gasteiger partial charge in [-0.15, -0.1) is 0 Å². The van der Waals surface area contributed by atoms with Gasteiger partial charge in [0.25, 0.3) is 0 Å². The summed E-state index contributed by atoms with van der Waals surface area (Å²) in [6, 6.07) is 0. The smallest absolute Gasteiger partial charge is 0.306 e. The lowest BCUT2D eigenvalue weighted by Gasteiger charge is -2.22. The lowest BCUT2D eigenvalue weighted by molar-refractivity contribution is -0.823. The number of carbonyl (C=O) groups excluding carboxylic acids is 1. The van der Waals surface area contributed by atoms with Crippen LogP contribution in [0.5, 0.6) is 0 Å². The van der Waals surface area contributed by atoms with Crippen LogP contribution in [0.3, 0.4) is 0 Å². The Morgan fingerprint density at radius 2 is 2.00 bits per heavy atom. The fourth-order valence-corrected chi connectivity index (χ4v) is 1.60. The minimum Gasteiger partial charge on any atom is -0.306 e. The second kappa shape index (κ2) is 5.35. The molecule has 1 amide bonds. The molecular weight excluding hydrogens is 164 g/mol. The number of piperazine rings is 1. The van der Waals surface area contributed by atoms with Crippen molar-refractivity contribution in [2.75, 3.05) is 26.2 Å². The van der Waals surface area contributed by atoms with Crippen LogP contribution in [0.15, 0.2) is 0 Å². The van der Waals surface area contributed by atoms with E-state index in [0.29, 0.717) is 11.8 Å². The highest BCUT2D eigenvalue weighted by Crippen LogP contribution is 2.01. The first-order chi connectivity index (χ1) is 6.20. The summed E-state index contributed by atoms with van der Waals surface area (Å²) in [7, 11) is 0. The second-order valence-electron chi connectivity index (χ2n) is 4.21. The van der Waals surface area contributed by atoms with E-state index < -0.39 is 0 Å². The van der Waals surface area contributed by atoms with Crippen molar-refractivity contribution in [1.82, 2.24) is 5.32 Å². The predicted octanol–water partition coefficient (Wildman–Crippen LogP) is -0.563. The number of amides is 1. The van der Waals surface area contributed by atoms with Crippen molar-refractivity contribution in [2.24, 2.45) is 5.92 Å². The number of carbonyl (C=O) groups is 1. The van der Waals surface area contributed by atoms with Gasteiger partial charge in [-0.1, -0.05) is 13.8 Å². The van der Waals surface area contributed by atoms with Crippen molar-refractivity contribution in [3.63, 3.8) is 0 Å². The molecule has 1 aliphatic heterocycles. The van der Waals surface area contributed by atoms with Crippen molar-refractivity contribution in [2.45, 2.75) is 26.7 Å². The number of hydrogen-bond acceptors (Lipinski definition) is 2. The quantitative estimate of drug-likeness (QED) is 0.618. The molecule has 1 heterocycles. The SMILES string of the molecule is CC(C)CCC(=O)[NH+]1CCNCC1. The lowest BCUT2D eigenvalue weighted by Crippen LogP contribution is -3.17. The molecule has 0 saturated carbocycles. The zero-order valence-electron chi connectivity index (χ0n) is 8.73. The molecule has 1 fully saturated rings. The highest BCUT2D eigenvalue weighted by molar-refractivity contribution is 5.66. The standard InChI is InChI=1S/C10H20N2O/c1-9(2)3-4-10(13)12-7-5-11-6-8-12/h9,11H,3-8H2,1-2H3/p+1. The fourth-order valence-electron chi connectivity index (χ4n) is 1.60. The van der Waals surface area contributed by atoms with Gasteiger partial charge in [0.15, 0.2) is 0 Å². The number of rotatable bonds is 3. The maximum Gasteiger partial charge on any atom is 0.312 e. The minimum atomic E-state index is 0.412. The van der Waals surface area contributed by atoms with Crippen LogP contribution < -0.4 is 10.2 Å². The Kier molecular flexibility index (Phi) is 4.39. The Labute approximate surface area is 80.5 Å². The highest BCUT2D eigenvalue weighted by Gasteiger charge is 2.21. The fraction of sp³-hybridized carbons (Fsp3) is 0.900. The van der Waals surface area contributed by atoms with E-state index in [1.165, 1.54) is 4.90 Å². The molecule has 0 aromatic rings. The van der Waals surface area contributed by atoms with E-state index >= 15 is 0 Å². The van der Waals surface area contributed by atoms with Crippen molar-refractivity contribution in [1.29, 1.82) is 0 Å². The van der Waals surface area contributed by atoms with Gasteiger partial charge < -0.3 is 5.32 Å². The van der Waals surface area contributed by atoms with Crippen LogP contribution in [0.25, 0.3) is 0 Å². The minimum absolute atomic E-state index is 0.412. The molecule has 1 saturated heterocycles. The monoisotopic (exact) mass is 185 g/mol. The molecule has 2 N–H and O–H groups in total. The molecule has 0 unspecified atom stereocenters. The largest absolute Gasteiger partial charge is 0.312 e. The first kappa shape index (κ1) is 10.7. The van der Waals surface area contributed by atoms with Crippen LogP contribution in [0.2, 0.25) is 0 Å². The normalized spacial score (nSPS) is 19.3. The van der Waals surface area contributed by atoms with Crippen molar-refractivity contribution in [3.05, 3.63) is 0 Å². The van der Waals surface area contributed by atoms with E-state index in [1.807, 2.05) is 0 Å². The third-order valence-corrected chi connectivity index (χ3v) is 2.55. The van der Waals surface area contributed by atoms with E-state index in [2.05, 4.69) is 19.2 Å². The van der Waals surface area contributed by atoms with Gasteiger partial charge in [0, 0.05) is 13.1 Å². The van der Waals surface area contributed by atoms with Crippen LogP contribution in [0.4, 0.5) is 0 Å². The molecular formula is C10H21N2O+. The molecule has 0 atom stereocenters. The average molecular weight is 185 g/mol. The van der Waals surface area contributed by atoms with Crippen LogP contribution >= 0.6 is 0 Å². The molecule has 13 heavy (non-hydrogen) atoms. The van der Waals surface area contributed by atoms with Crippen LogP contribution in [-0.4, -0.2) is 32.1 Å². The summed E-state index contributed by atoms with van der Waals surface area (Å²) in [4.78, 5) is 12.8. The molecule has 0 aliphatic carbocycles. The van der Waals surface area contributed by atoms with E-state index in [1.54, 1.807) is 0 Å². The Bertz CT molecular complexity index is 162. The van der Waals surface area contributed by atoms with Gasteiger partial charge in [0.05, 0.1) is 19.5 Å². The maximum absolute atomic E-state index is 11.6. The summed E-state index contributed by atoms with van der Waals surface area (Å²) in [5.74, 6) is 1.06. The van der Waals surface area contributed by atoms with Gasteiger partial charge in [-0.2, -0.15) is 0 Å². The molecule has 0 bridgehead atoms. The number of quaternary nitrogens is 1. The third kappa shape index (κ3) is 3.87. The van der Waals surface area contributed by atoms with E-state index in [-0.39, 0.29) is 0 Å². The van der Waals surface area contributed by atoms with Crippen molar-refractivity contribution in [3.8, 4) is 0 Å². The van der Waals surface area contributed by atoms with E-state index in [9.17, 15) is 4.79 Å². The summed E-state index contributed by atoms with van der Waals surface area (Å²) in [6.45, 7) is 8.25. The summed E-state index contributed by atoms with van der Waals surface area (Å²) in [5, 5.41) is 3.26. The molecule has 3 nitrogen and oxygen atoms in total. The Morgan fingerprint density at radius 1 is 1.38 bits per heavy atom. The third-order valence-electron chi connectivity index (χ3n) is 2.55. The maximum atomic E-state index is 11.6. The summed E-state index contributed by atoms with van der Waals surface area (Å²) < 4.78 is 0. The number of nitrogens with one attached hydrogen (secondary N) is 2. The number of hydrogen-bond donors (Lipinski definition) is 2. The zero-order valence-corrected chi connectivity index (χ0v) is 8.73. The van der Waals surface area contributed by atoms with Crippen LogP contribution in [0, 0.1) is 5.92 Å². The molecule has 76 valence electrons. The van der Waals surface area contributed by atoms with E-state index in [0.717, 1.165) is 39.0 Å². The van der Waals surface area contributed by atoms with Crippen molar-refractivity contribution >= 4 is 5.91 Å². The van der Waals surface area contributed by atoms with Gasteiger partial charge in [-0.3, -0.25) is 4.90 Å². The molecule has 0 spiro atoms. The van der Waals surface area contributed by atoms with Gasteiger partial charge in [0.2, 0.25) is 0 Å². The van der Waals surface area contributed by atoms with Gasteiger partial charge in [-0.05, 0) is 12.3 Å².